The number of aliphatic hydroxyl groups excluding tert-OH is 1. The van der Waals surface area contributed by atoms with Gasteiger partial charge in [-0.1, -0.05) is 23.5 Å². The zero-order valence-corrected chi connectivity index (χ0v) is 20.9. The van der Waals surface area contributed by atoms with Crippen LogP contribution in [-0.4, -0.2) is 35.0 Å². The topological polar surface area (TPSA) is 89.0 Å². The number of fused-ring (bicyclic) bond motifs is 1. The molecule has 1 aliphatic rings. The van der Waals surface area contributed by atoms with Crippen molar-refractivity contribution in [1.29, 1.82) is 0 Å². The Morgan fingerprint density at radius 1 is 0.973 bits per heavy atom. The molecule has 2 heterocycles. The van der Waals surface area contributed by atoms with Crippen LogP contribution >= 0.6 is 11.3 Å². The Morgan fingerprint density at radius 2 is 1.62 bits per heavy atom. The van der Waals surface area contributed by atoms with Crippen molar-refractivity contribution in [1.82, 2.24) is 4.98 Å². The second kappa shape index (κ2) is 10.0. The number of hydrogen-bond acceptors (Lipinski definition) is 7. The van der Waals surface area contributed by atoms with E-state index in [1.54, 1.807) is 36.4 Å². The molecular formula is C28H23FN2O5S. The van der Waals surface area contributed by atoms with Crippen LogP contribution in [0.25, 0.3) is 16.0 Å². The summed E-state index contributed by atoms with van der Waals surface area (Å²) in [6, 6.07) is 16.4. The highest BCUT2D eigenvalue weighted by molar-refractivity contribution is 7.22. The minimum absolute atomic E-state index is 0.102. The van der Waals surface area contributed by atoms with Gasteiger partial charge in [-0.25, -0.2) is 9.37 Å². The quantitative estimate of drug-likeness (QED) is 0.187. The number of nitrogens with zero attached hydrogens (tertiary/aromatic N) is 2. The molecule has 1 saturated heterocycles. The van der Waals surface area contributed by atoms with Gasteiger partial charge < -0.3 is 14.6 Å². The average molecular weight is 519 g/mol. The number of Topliss-reactive ketones (excluding diaryl/α,β-unsaturated/α-hetero) is 1. The zero-order valence-electron chi connectivity index (χ0n) is 20.1. The van der Waals surface area contributed by atoms with Crippen LogP contribution < -0.4 is 14.4 Å². The molecule has 0 aliphatic carbocycles. The first-order chi connectivity index (χ1) is 17.9. The molecule has 1 atom stereocenters. The van der Waals surface area contributed by atoms with Gasteiger partial charge in [-0.2, -0.15) is 0 Å². The van der Waals surface area contributed by atoms with E-state index < -0.39 is 23.5 Å². The number of benzene rings is 3. The Kier molecular flexibility index (Phi) is 6.62. The largest absolute Gasteiger partial charge is 0.507 e. The fraction of sp³-hybridized carbons (Fsp3) is 0.179. The Hall–Kier alpha value is -4.24. The van der Waals surface area contributed by atoms with E-state index >= 15 is 0 Å². The van der Waals surface area contributed by atoms with E-state index in [4.69, 9.17) is 9.47 Å². The van der Waals surface area contributed by atoms with Crippen molar-refractivity contribution in [2.75, 3.05) is 18.1 Å². The molecule has 0 bridgehead atoms. The van der Waals surface area contributed by atoms with E-state index in [1.165, 1.54) is 40.5 Å². The van der Waals surface area contributed by atoms with Crippen molar-refractivity contribution < 1.29 is 28.6 Å². The second-order valence-corrected chi connectivity index (χ2v) is 9.25. The number of aromatic nitrogens is 1. The molecule has 1 aliphatic heterocycles. The third-order valence-corrected chi connectivity index (χ3v) is 6.95. The number of thiazole rings is 1. The van der Waals surface area contributed by atoms with Crippen molar-refractivity contribution in [3.8, 4) is 11.5 Å². The van der Waals surface area contributed by atoms with E-state index in [1.807, 2.05) is 19.9 Å². The fourth-order valence-corrected chi connectivity index (χ4v) is 5.29. The second-order valence-electron chi connectivity index (χ2n) is 8.24. The van der Waals surface area contributed by atoms with E-state index in [2.05, 4.69) is 4.98 Å². The van der Waals surface area contributed by atoms with Gasteiger partial charge in [0.25, 0.3) is 5.78 Å². The molecular weight excluding hydrogens is 495 g/mol. The van der Waals surface area contributed by atoms with E-state index in [0.717, 1.165) is 4.70 Å². The van der Waals surface area contributed by atoms with Crippen LogP contribution in [0, 0.1) is 5.82 Å². The highest BCUT2D eigenvalue weighted by Crippen LogP contribution is 2.44. The number of anilines is 1. The zero-order chi connectivity index (χ0) is 26.1. The first-order valence-electron chi connectivity index (χ1n) is 11.7. The molecule has 3 aromatic carbocycles. The SMILES string of the molecule is CCOc1ccc(C(O)=C2C(=O)C(=O)N(c3nc4ccc(OCC)cc4s3)C2c2ccc(F)cc2)cc1. The smallest absolute Gasteiger partial charge is 0.301 e. The monoisotopic (exact) mass is 518 g/mol. The summed E-state index contributed by atoms with van der Waals surface area (Å²) in [5, 5.41) is 11.5. The molecule has 9 heteroatoms. The summed E-state index contributed by atoms with van der Waals surface area (Å²) in [4.78, 5) is 32.6. The van der Waals surface area contributed by atoms with Gasteiger partial charge in [0.15, 0.2) is 5.13 Å². The molecule has 0 saturated carbocycles. The van der Waals surface area contributed by atoms with Crippen LogP contribution in [0.4, 0.5) is 9.52 Å². The molecule has 7 nitrogen and oxygen atoms in total. The number of halogens is 1. The predicted octanol–water partition coefficient (Wildman–Crippen LogP) is 5.86. The lowest BCUT2D eigenvalue weighted by Crippen LogP contribution is -2.29. The minimum atomic E-state index is -1.00. The Labute approximate surface area is 216 Å². The summed E-state index contributed by atoms with van der Waals surface area (Å²) in [5.74, 6) is -1.21. The lowest BCUT2D eigenvalue weighted by Gasteiger charge is -2.23. The van der Waals surface area contributed by atoms with Crippen molar-refractivity contribution in [3.63, 3.8) is 0 Å². The van der Waals surface area contributed by atoms with Crippen LogP contribution in [0.15, 0.2) is 72.3 Å². The van der Waals surface area contributed by atoms with Gasteiger partial charge >= 0.3 is 5.91 Å². The maximum absolute atomic E-state index is 13.8. The van der Waals surface area contributed by atoms with Crippen molar-refractivity contribution in [2.24, 2.45) is 0 Å². The van der Waals surface area contributed by atoms with Gasteiger partial charge in [0.05, 0.1) is 35.0 Å². The van der Waals surface area contributed by atoms with Crippen molar-refractivity contribution in [3.05, 3.63) is 89.2 Å². The molecule has 1 amide bonds. The number of carbonyl (C=O) groups is 2. The van der Waals surface area contributed by atoms with E-state index in [-0.39, 0.29) is 16.5 Å². The summed E-state index contributed by atoms with van der Waals surface area (Å²) in [5.41, 5.74) is 1.34. The maximum atomic E-state index is 13.8. The third kappa shape index (κ3) is 4.53. The normalized spacial score (nSPS) is 16.9. The maximum Gasteiger partial charge on any atom is 0.301 e. The summed E-state index contributed by atoms with van der Waals surface area (Å²) in [7, 11) is 0. The highest BCUT2D eigenvalue weighted by Gasteiger charge is 2.48. The molecule has 0 radical (unpaired) electrons. The van der Waals surface area contributed by atoms with Crippen LogP contribution in [0.5, 0.6) is 11.5 Å². The molecule has 4 aromatic rings. The van der Waals surface area contributed by atoms with Gasteiger partial charge in [-0.05, 0) is 74.0 Å². The summed E-state index contributed by atoms with van der Waals surface area (Å²) >= 11 is 1.23. The first-order valence-corrected chi connectivity index (χ1v) is 12.6. The number of ketones is 1. The van der Waals surface area contributed by atoms with Crippen molar-refractivity contribution >= 4 is 44.1 Å². The molecule has 1 aromatic heterocycles. The Balaban J connectivity index is 1.65. The third-order valence-electron chi connectivity index (χ3n) is 5.93. The number of rotatable bonds is 7. The predicted molar refractivity (Wildman–Crippen MR) is 140 cm³/mol. The number of amides is 1. The average Bonchev–Trinajstić information content (AvgIpc) is 3.43. The van der Waals surface area contributed by atoms with Crippen LogP contribution in [0.3, 0.4) is 0 Å². The number of ether oxygens (including phenoxy) is 2. The first kappa shape index (κ1) is 24.5. The lowest BCUT2D eigenvalue weighted by molar-refractivity contribution is -0.132. The molecule has 1 unspecified atom stereocenters. The molecule has 1 N–H and O–H groups in total. The molecule has 0 spiro atoms. The Bertz CT molecular complexity index is 1510. The summed E-state index contributed by atoms with van der Waals surface area (Å²) < 4.78 is 25.6. The number of carbonyl (C=O) groups excluding carboxylic acids is 2. The summed E-state index contributed by atoms with van der Waals surface area (Å²) in [6.45, 7) is 4.73. The van der Waals surface area contributed by atoms with Gasteiger partial charge in [-0.3, -0.25) is 14.5 Å². The molecule has 5 rings (SSSR count). The van der Waals surface area contributed by atoms with Crippen LogP contribution in [0.1, 0.15) is 31.0 Å². The van der Waals surface area contributed by atoms with Crippen LogP contribution in [-0.2, 0) is 9.59 Å². The Morgan fingerprint density at radius 3 is 2.30 bits per heavy atom. The van der Waals surface area contributed by atoms with Crippen molar-refractivity contribution in [2.45, 2.75) is 19.9 Å². The molecule has 1 fully saturated rings. The van der Waals surface area contributed by atoms with Crippen LogP contribution in [0.2, 0.25) is 0 Å². The highest BCUT2D eigenvalue weighted by atomic mass is 32.1. The number of aliphatic hydroxyl groups is 1. The summed E-state index contributed by atoms with van der Waals surface area (Å²) in [6.07, 6.45) is 0. The van der Waals surface area contributed by atoms with Gasteiger partial charge in [-0.15, -0.1) is 0 Å². The molecule has 188 valence electrons. The van der Waals surface area contributed by atoms with E-state index in [0.29, 0.717) is 41.4 Å². The standard InChI is InChI=1S/C28H23FN2O5S/c1-3-35-19-11-7-17(8-12-19)25(32)23-24(16-5-9-18(29)10-6-16)31(27(34)26(23)33)28-30-21-14-13-20(36-4-2)15-22(21)37-28/h5-15,24,32H,3-4H2,1-2H3. The fourth-order valence-electron chi connectivity index (χ4n) is 4.27. The van der Waals surface area contributed by atoms with Gasteiger partial charge in [0.1, 0.15) is 23.1 Å². The lowest BCUT2D eigenvalue weighted by atomic mass is 9.95. The van der Waals surface area contributed by atoms with Gasteiger partial charge in [0, 0.05) is 5.56 Å². The number of hydrogen-bond donors (Lipinski definition) is 1. The van der Waals surface area contributed by atoms with Gasteiger partial charge in [0.2, 0.25) is 0 Å². The minimum Gasteiger partial charge on any atom is -0.507 e. The van der Waals surface area contributed by atoms with E-state index in [9.17, 15) is 19.1 Å². The molecule has 37 heavy (non-hydrogen) atoms.